The van der Waals surface area contributed by atoms with E-state index < -0.39 is 0 Å². The molecule has 112 valence electrons. The molecule has 3 rings (SSSR count). The van der Waals surface area contributed by atoms with Gasteiger partial charge in [0.2, 0.25) is 0 Å². The highest BCUT2D eigenvalue weighted by Gasteiger charge is 2.10. The van der Waals surface area contributed by atoms with Gasteiger partial charge in [0.1, 0.15) is 0 Å². The number of hydrogen-bond donors (Lipinski definition) is 2. The molecule has 0 fully saturated rings. The highest BCUT2D eigenvalue weighted by molar-refractivity contribution is 6.30. The maximum absolute atomic E-state index is 9.63. The lowest BCUT2D eigenvalue weighted by molar-refractivity contribution is 0.244. The van der Waals surface area contributed by atoms with Gasteiger partial charge >= 0.3 is 0 Å². The molecule has 1 unspecified atom stereocenters. The Labute approximate surface area is 134 Å². The van der Waals surface area contributed by atoms with Crippen molar-refractivity contribution in [2.45, 2.75) is 12.6 Å². The maximum atomic E-state index is 9.63. The molecule has 4 heteroatoms. The molecule has 0 saturated heterocycles. The number of nitrogens with one attached hydrogen (secondary N) is 1. The lowest BCUT2D eigenvalue weighted by Gasteiger charge is -2.17. The van der Waals surface area contributed by atoms with Crippen LogP contribution in [0, 0.1) is 0 Å². The van der Waals surface area contributed by atoms with Crippen molar-refractivity contribution in [3.05, 3.63) is 76.9 Å². The molecule has 3 aromatic rings. The van der Waals surface area contributed by atoms with E-state index in [1.54, 1.807) is 6.20 Å². The molecule has 1 aromatic heterocycles. The summed E-state index contributed by atoms with van der Waals surface area (Å²) in [7, 11) is 0. The van der Waals surface area contributed by atoms with Crippen LogP contribution in [0.3, 0.4) is 0 Å². The number of aliphatic hydroxyl groups excluding tert-OH is 1. The molecule has 3 nitrogen and oxygen atoms in total. The molecule has 0 spiro atoms. The van der Waals surface area contributed by atoms with Crippen molar-refractivity contribution >= 4 is 22.5 Å². The molecule has 2 aromatic carbocycles. The van der Waals surface area contributed by atoms with Gasteiger partial charge in [-0.15, -0.1) is 0 Å². The van der Waals surface area contributed by atoms with Crippen molar-refractivity contribution < 1.29 is 5.11 Å². The molecule has 0 saturated carbocycles. The second-order valence-corrected chi connectivity index (χ2v) is 5.60. The van der Waals surface area contributed by atoms with Crippen molar-refractivity contribution in [3.8, 4) is 0 Å². The Hall–Kier alpha value is -1.94. The lowest BCUT2D eigenvalue weighted by Crippen LogP contribution is -2.24. The van der Waals surface area contributed by atoms with Gasteiger partial charge in [-0.25, -0.2) is 0 Å². The maximum Gasteiger partial charge on any atom is 0.0746 e. The third-order valence-electron chi connectivity index (χ3n) is 3.71. The van der Waals surface area contributed by atoms with E-state index in [9.17, 15) is 5.11 Å². The Bertz CT molecular complexity index is 753. The van der Waals surface area contributed by atoms with Crippen molar-refractivity contribution in [2.75, 3.05) is 6.61 Å². The normalized spacial score (nSPS) is 12.5. The van der Waals surface area contributed by atoms with Crippen LogP contribution >= 0.6 is 11.6 Å². The summed E-state index contributed by atoms with van der Waals surface area (Å²) in [6.45, 7) is 0.669. The standard InChI is InChI=1S/C18H17ClN2O/c19-16-8-6-13(7-9-16)17(12-22)21-11-15-4-1-3-14-5-2-10-20-18(14)15/h1-10,17,21-22H,11-12H2. The number of para-hydroxylation sites is 1. The summed E-state index contributed by atoms with van der Waals surface area (Å²) in [6, 6.07) is 17.5. The Kier molecular flexibility index (Phi) is 4.68. The van der Waals surface area contributed by atoms with Crippen LogP contribution in [-0.4, -0.2) is 16.7 Å². The number of aliphatic hydroxyl groups is 1. The smallest absolute Gasteiger partial charge is 0.0746 e. The predicted octanol–water partition coefficient (Wildman–Crippen LogP) is 3.71. The van der Waals surface area contributed by atoms with Gasteiger partial charge in [0.15, 0.2) is 0 Å². The summed E-state index contributed by atoms with van der Waals surface area (Å²) in [5.74, 6) is 0. The number of benzene rings is 2. The van der Waals surface area contributed by atoms with E-state index in [0.29, 0.717) is 11.6 Å². The predicted molar refractivity (Wildman–Crippen MR) is 89.9 cm³/mol. The quantitative estimate of drug-likeness (QED) is 0.755. The number of halogens is 1. The van der Waals surface area contributed by atoms with Gasteiger partial charge in [-0.1, -0.05) is 48.0 Å². The fourth-order valence-electron chi connectivity index (χ4n) is 2.53. The minimum atomic E-state index is -0.128. The van der Waals surface area contributed by atoms with E-state index >= 15 is 0 Å². The van der Waals surface area contributed by atoms with Gasteiger partial charge in [0.25, 0.3) is 0 Å². The SMILES string of the molecule is OCC(NCc1cccc2cccnc12)c1ccc(Cl)cc1. The summed E-state index contributed by atoms with van der Waals surface area (Å²) in [6.07, 6.45) is 1.80. The van der Waals surface area contributed by atoms with Gasteiger partial charge in [-0.2, -0.15) is 0 Å². The van der Waals surface area contributed by atoms with E-state index in [-0.39, 0.29) is 12.6 Å². The number of pyridine rings is 1. The largest absolute Gasteiger partial charge is 0.394 e. The van der Waals surface area contributed by atoms with Gasteiger partial charge in [0, 0.05) is 23.2 Å². The second kappa shape index (κ2) is 6.88. The summed E-state index contributed by atoms with van der Waals surface area (Å²) in [5, 5.41) is 14.8. The Morgan fingerprint density at radius 3 is 2.59 bits per heavy atom. The lowest BCUT2D eigenvalue weighted by atomic mass is 10.1. The van der Waals surface area contributed by atoms with Crippen LogP contribution in [0.25, 0.3) is 10.9 Å². The highest BCUT2D eigenvalue weighted by Crippen LogP contribution is 2.19. The Morgan fingerprint density at radius 2 is 1.82 bits per heavy atom. The number of nitrogens with zero attached hydrogens (tertiary/aromatic N) is 1. The molecule has 0 aliphatic carbocycles. The minimum absolute atomic E-state index is 0.0276. The second-order valence-electron chi connectivity index (χ2n) is 5.16. The molecule has 22 heavy (non-hydrogen) atoms. The fraction of sp³-hybridized carbons (Fsp3) is 0.167. The first kappa shape index (κ1) is 15.0. The topological polar surface area (TPSA) is 45.1 Å². The summed E-state index contributed by atoms with van der Waals surface area (Å²) in [5.41, 5.74) is 3.12. The Balaban J connectivity index is 1.78. The van der Waals surface area contributed by atoms with Gasteiger partial charge in [-0.3, -0.25) is 4.98 Å². The minimum Gasteiger partial charge on any atom is -0.394 e. The average molecular weight is 313 g/mol. The zero-order valence-electron chi connectivity index (χ0n) is 12.0. The molecular formula is C18H17ClN2O. The van der Waals surface area contributed by atoms with Crippen LogP contribution in [0.15, 0.2) is 60.8 Å². The number of fused-ring (bicyclic) bond motifs is 1. The van der Waals surface area contributed by atoms with Crippen LogP contribution < -0.4 is 5.32 Å². The van der Waals surface area contributed by atoms with Crippen LogP contribution in [-0.2, 0) is 6.54 Å². The molecule has 0 bridgehead atoms. The molecule has 1 atom stereocenters. The highest BCUT2D eigenvalue weighted by atomic mass is 35.5. The molecule has 0 aliphatic rings. The van der Waals surface area contributed by atoms with Crippen LogP contribution in [0.5, 0.6) is 0 Å². The molecule has 2 N–H and O–H groups in total. The third kappa shape index (κ3) is 3.28. The van der Waals surface area contributed by atoms with Crippen molar-refractivity contribution in [1.29, 1.82) is 0 Å². The van der Waals surface area contributed by atoms with Crippen molar-refractivity contribution in [3.63, 3.8) is 0 Å². The van der Waals surface area contributed by atoms with Crippen molar-refractivity contribution in [2.24, 2.45) is 0 Å². The zero-order valence-corrected chi connectivity index (χ0v) is 12.8. The van der Waals surface area contributed by atoms with E-state index in [1.807, 2.05) is 36.4 Å². The van der Waals surface area contributed by atoms with E-state index in [1.165, 1.54) is 0 Å². The van der Waals surface area contributed by atoms with E-state index in [0.717, 1.165) is 22.0 Å². The number of aromatic nitrogens is 1. The molecule has 0 aliphatic heterocycles. The first-order chi connectivity index (χ1) is 10.8. The third-order valence-corrected chi connectivity index (χ3v) is 3.96. The molecule has 1 heterocycles. The summed E-state index contributed by atoms with van der Waals surface area (Å²) >= 11 is 5.91. The number of rotatable bonds is 5. The van der Waals surface area contributed by atoms with E-state index in [4.69, 9.17) is 11.6 Å². The van der Waals surface area contributed by atoms with Gasteiger partial charge < -0.3 is 10.4 Å². The first-order valence-electron chi connectivity index (χ1n) is 7.20. The van der Waals surface area contributed by atoms with Gasteiger partial charge in [0.05, 0.1) is 18.2 Å². The summed E-state index contributed by atoms with van der Waals surface area (Å²) in [4.78, 5) is 4.45. The molecule has 0 radical (unpaired) electrons. The molecule has 0 amide bonds. The number of hydrogen-bond acceptors (Lipinski definition) is 3. The van der Waals surface area contributed by atoms with Gasteiger partial charge in [-0.05, 0) is 29.3 Å². The first-order valence-corrected chi connectivity index (χ1v) is 7.58. The monoisotopic (exact) mass is 312 g/mol. The van der Waals surface area contributed by atoms with Crippen LogP contribution in [0.1, 0.15) is 17.2 Å². The fourth-order valence-corrected chi connectivity index (χ4v) is 2.65. The molecular weight excluding hydrogens is 296 g/mol. The average Bonchev–Trinajstić information content (AvgIpc) is 2.57. The van der Waals surface area contributed by atoms with E-state index in [2.05, 4.69) is 28.5 Å². The van der Waals surface area contributed by atoms with Crippen LogP contribution in [0.2, 0.25) is 5.02 Å². The Morgan fingerprint density at radius 1 is 1.05 bits per heavy atom. The van der Waals surface area contributed by atoms with Crippen LogP contribution in [0.4, 0.5) is 0 Å². The zero-order chi connectivity index (χ0) is 15.4. The summed E-state index contributed by atoms with van der Waals surface area (Å²) < 4.78 is 0. The van der Waals surface area contributed by atoms with Crippen molar-refractivity contribution in [1.82, 2.24) is 10.3 Å².